The summed E-state index contributed by atoms with van der Waals surface area (Å²) >= 11 is 0. The molecular formula is C12H15NO3. The maximum absolute atomic E-state index is 11.0. The Kier molecular flexibility index (Phi) is 2.37. The number of carbonyl (C=O) groups is 1. The van der Waals surface area contributed by atoms with Gasteiger partial charge in [0.15, 0.2) is 0 Å². The van der Waals surface area contributed by atoms with Gasteiger partial charge in [0.05, 0.1) is 13.0 Å². The van der Waals surface area contributed by atoms with E-state index < -0.39 is 5.97 Å². The van der Waals surface area contributed by atoms with Crippen LogP contribution in [0.15, 0.2) is 18.3 Å². The normalized spacial score (nSPS) is 26.2. The molecule has 0 saturated heterocycles. The van der Waals surface area contributed by atoms with Gasteiger partial charge in [-0.25, -0.2) is 4.98 Å². The van der Waals surface area contributed by atoms with Crippen LogP contribution in [0.3, 0.4) is 0 Å². The number of pyridine rings is 1. The van der Waals surface area contributed by atoms with Gasteiger partial charge in [0.2, 0.25) is 5.88 Å². The topological polar surface area (TPSA) is 59.4 Å². The summed E-state index contributed by atoms with van der Waals surface area (Å²) in [6.45, 7) is 3.95. The molecule has 1 aromatic heterocycles. The third-order valence-corrected chi connectivity index (χ3v) is 3.42. The Labute approximate surface area is 94.3 Å². The third-order valence-electron chi connectivity index (χ3n) is 3.42. The van der Waals surface area contributed by atoms with Crippen molar-refractivity contribution in [3.63, 3.8) is 0 Å². The van der Waals surface area contributed by atoms with E-state index in [2.05, 4.69) is 4.98 Å². The van der Waals surface area contributed by atoms with Crippen molar-refractivity contribution in [3.8, 4) is 5.88 Å². The molecular weight excluding hydrogens is 206 g/mol. The lowest BCUT2D eigenvalue weighted by atomic mass is 10.1. The van der Waals surface area contributed by atoms with Crippen molar-refractivity contribution < 1.29 is 14.6 Å². The molecule has 0 aliphatic heterocycles. The first-order chi connectivity index (χ1) is 7.48. The zero-order valence-electron chi connectivity index (χ0n) is 9.60. The van der Waals surface area contributed by atoms with Crippen LogP contribution in [0, 0.1) is 11.3 Å². The van der Waals surface area contributed by atoms with E-state index in [9.17, 15) is 4.79 Å². The zero-order valence-corrected chi connectivity index (χ0v) is 9.60. The standard InChI is InChI=1S/C12H15NO3/c1-12(2)9(10(12)11(14)15)7-4-5-8(16-3)13-6-7/h4-6,9-10H,1-3H3,(H,14,15)/t9-,10+/m1/s1. The number of hydrogen-bond acceptors (Lipinski definition) is 3. The molecule has 4 nitrogen and oxygen atoms in total. The van der Waals surface area contributed by atoms with E-state index in [1.807, 2.05) is 19.9 Å². The minimum absolute atomic E-state index is 0.0587. The highest BCUT2D eigenvalue weighted by atomic mass is 16.5. The summed E-state index contributed by atoms with van der Waals surface area (Å²) in [5, 5.41) is 9.08. The number of carboxylic acid groups (broad SMARTS) is 1. The molecule has 0 bridgehead atoms. The minimum atomic E-state index is -0.731. The summed E-state index contributed by atoms with van der Waals surface area (Å²) in [5.74, 6) is -0.425. The molecule has 0 spiro atoms. The van der Waals surface area contributed by atoms with E-state index in [1.54, 1.807) is 19.4 Å². The molecule has 4 heteroatoms. The van der Waals surface area contributed by atoms with Gasteiger partial charge in [-0.05, 0) is 11.0 Å². The SMILES string of the molecule is COc1ccc([C@@H]2[C@@H](C(=O)O)C2(C)C)cn1. The van der Waals surface area contributed by atoms with Crippen molar-refractivity contribution in [2.24, 2.45) is 11.3 Å². The molecule has 2 atom stereocenters. The third kappa shape index (κ3) is 1.54. The fourth-order valence-electron chi connectivity index (χ4n) is 2.42. The number of aromatic nitrogens is 1. The average Bonchev–Trinajstić information content (AvgIpc) is 2.82. The Hall–Kier alpha value is -1.58. The first-order valence-electron chi connectivity index (χ1n) is 5.21. The summed E-state index contributed by atoms with van der Waals surface area (Å²) in [4.78, 5) is 15.1. The van der Waals surface area contributed by atoms with Crippen LogP contribution in [-0.2, 0) is 4.79 Å². The molecule has 0 unspecified atom stereocenters. The van der Waals surface area contributed by atoms with E-state index in [1.165, 1.54) is 0 Å². The predicted octanol–water partition coefficient (Wildman–Crippen LogP) is 1.91. The monoisotopic (exact) mass is 221 g/mol. The van der Waals surface area contributed by atoms with Gasteiger partial charge in [0, 0.05) is 18.2 Å². The Balaban J connectivity index is 2.23. The zero-order chi connectivity index (χ0) is 11.9. The lowest BCUT2D eigenvalue weighted by Crippen LogP contribution is -2.03. The highest BCUT2D eigenvalue weighted by Gasteiger charge is 2.62. The van der Waals surface area contributed by atoms with Gasteiger partial charge < -0.3 is 9.84 Å². The number of carboxylic acids is 1. The molecule has 0 amide bonds. The summed E-state index contributed by atoms with van der Waals surface area (Å²) in [7, 11) is 1.56. The quantitative estimate of drug-likeness (QED) is 0.847. The Bertz CT molecular complexity index is 411. The summed E-state index contributed by atoms with van der Waals surface area (Å²) in [5.41, 5.74) is 0.792. The van der Waals surface area contributed by atoms with Gasteiger partial charge in [-0.3, -0.25) is 4.79 Å². The van der Waals surface area contributed by atoms with Crippen LogP contribution in [-0.4, -0.2) is 23.2 Å². The molecule has 1 heterocycles. The molecule has 2 rings (SSSR count). The van der Waals surface area contributed by atoms with Crippen molar-refractivity contribution >= 4 is 5.97 Å². The van der Waals surface area contributed by atoms with Crippen molar-refractivity contribution in [2.45, 2.75) is 19.8 Å². The molecule has 1 aromatic rings. The van der Waals surface area contributed by atoms with Crippen LogP contribution in [0.4, 0.5) is 0 Å². The largest absolute Gasteiger partial charge is 0.481 e. The van der Waals surface area contributed by atoms with E-state index >= 15 is 0 Å². The molecule has 1 saturated carbocycles. The minimum Gasteiger partial charge on any atom is -0.481 e. The maximum atomic E-state index is 11.0. The van der Waals surface area contributed by atoms with Gasteiger partial charge >= 0.3 is 5.97 Å². The van der Waals surface area contributed by atoms with Crippen molar-refractivity contribution in [2.75, 3.05) is 7.11 Å². The second-order valence-electron chi connectivity index (χ2n) is 4.75. The van der Waals surface area contributed by atoms with E-state index in [-0.39, 0.29) is 17.3 Å². The van der Waals surface area contributed by atoms with E-state index in [0.29, 0.717) is 5.88 Å². The highest BCUT2D eigenvalue weighted by Crippen LogP contribution is 2.64. The van der Waals surface area contributed by atoms with Gasteiger partial charge in [0.25, 0.3) is 0 Å². The fourth-order valence-corrected chi connectivity index (χ4v) is 2.42. The van der Waals surface area contributed by atoms with Crippen LogP contribution >= 0.6 is 0 Å². The van der Waals surface area contributed by atoms with Crippen LogP contribution < -0.4 is 4.74 Å². The second kappa shape index (κ2) is 3.47. The predicted molar refractivity (Wildman–Crippen MR) is 58.4 cm³/mol. The number of aliphatic carboxylic acids is 1. The number of rotatable bonds is 3. The van der Waals surface area contributed by atoms with Gasteiger partial charge in [0.1, 0.15) is 0 Å². The number of nitrogens with zero attached hydrogens (tertiary/aromatic N) is 1. The van der Waals surface area contributed by atoms with Crippen LogP contribution in [0.5, 0.6) is 5.88 Å². The van der Waals surface area contributed by atoms with E-state index in [0.717, 1.165) is 5.56 Å². The number of ether oxygens (including phenoxy) is 1. The maximum Gasteiger partial charge on any atom is 0.307 e. The molecule has 0 aromatic carbocycles. The first kappa shape index (κ1) is 10.9. The molecule has 1 aliphatic carbocycles. The highest BCUT2D eigenvalue weighted by molar-refractivity contribution is 5.77. The Morgan fingerprint density at radius 3 is 2.56 bits per heavy atom. The Morgan fingerprint density at radius 1 is 1.50 bits per heavy atom. The number of methoxy groups -OCH3 is 1. The van der Waals surface area contributed by atoms with Crippen LogP contribution in [0.2, 0.25) is 0 Å². The number of hydrogen-bond donors (Lipinski definition) is 1. The first-order valence-corrected chi connectivity index (χ1v) is 5.21. The van der Waals surface area contributed by atoms with Gasteiger partial charge in [-0.2, -0.15) is 0 Å². The summed E-state index contributed by atoms with van der Waals surface area (Å²) < 4.78 is 4.97. The summed E-state index contributed by atoms with van der Waals surface area (Å²) in [6, 6.07) is 3.66. The van der Waals surface area contributed by atoms with Crippen LogP contribution in [0.25, 0.3) is 0 Å². The van der Waals surface area contributed by atoms with Gasteiger partial charge in [-0.1, -0.05) is 19.9 Å². The van der Waals surface area contributed by atoms with Gasteiger partial charge in [-0.15, -0.1) is 0 Å². The lowest BCUT2D eigenvalue weighted by molar-refractivity contribution is -0.139. The van der Waals surface area contributed by atoms with Crippen molar-refractivity contribution in [1.82, 2.24) is 4.98 Å². The van der Waals surface area contributed by atoms with Crippen molar-refractivity contribution in [3.05, 3.63) is 23.9 Å². The Morgan fingerprint density at radius 2 is 2.19 bits per heavy atom. The van der Waals surface area contributed by atoms with E-state index in [4.69, 9.17) is 9.84 Å². The molecule has 1 fully saturated rings. The smallest absolute Gasteiger partial charge is 0.307 e. The molecule has 1 aliphatic rings. The molecule has 1 N–H and O–H groups in total. The van der Waals surface area contributed by atoms with Crippen LogP contribution in [0.1, 0.15) is 25.3 Å². The fraction of sp³-hybridized carbons (Fsp3) is 0.500. The van der Waals surface area contributed by atoms with Crippen molar-refractivity contribution in [1.29, 1.82) is 0 Å². The average molecular weight is 221 g/mol. The lowest BCUT2D eigenvalue weighted by Gasteiger charge is -2.03. The molecule has 0 radical (unpaired) electrons. The molecule has 16 heavy (non-hydrogen) atoms. The molecule has 86 valence electrons. The summed E-state index contributed by atoms with van der Waals surface area (Å²) in [6.07, 6.45) is 1.70. The second-order valence-corrected chi connectivity index (χ2v) is 4.75.